The van der Waals surface area contributed by atoms with Crippen molar-refractivity contribution < 1.29 is 19.4 Å². The molecule has 2 unspecified atom stereocenters. The van der Waals surface area contributed by atoms with E-state index in [-0.39, 0.29) is 24.2 Å². The van der Waals surface area contributed by atoms with E-state index < -0.39 is 11.5 Å². The summed E-state index contributed by atoms with van der Waals surface area (Å²) in [6.45, 7) is 0.989. The van der Waals surface area contributed by atoms with E-state index in [0.29, 0.717) is 26.1 Å². The van der Waals surface area contributed by atoms with Crippen molar-refractivity contribution in [2.24, 2.45) is 5.92 Å². The molecule has 2 fully saturated rings. The zero-order chi connectivity index (χ0) is 16.4. The third-order valence-electron chi connectivity index (χ3n) is 4.75. The van der Waals surface area contributed by atoms with Crippen molar-refractivity contribution in [1.29, 1.82) is 0 Å². The SMILES string of the molecule is O=C(O)CC1(NC(=O)C2CC2c2ccc(Br)cc2)CCOCC1. The summed E-state index contributed by atoms with van der Waals surface area (Å²) in [4.78, 5) is 23.7. The fourth-order valence-corrected chi connectivity index (χ4v) is 3.58. The summed E-state index contributed by atoms with van der Waals surface area (Å²) < 4.78 is 6.34. The van der Waals surface area contributed by atoms with Gasteiger partial charge in [0.15, 0.2) is 0 Å². The summed E-state index contributed by atoms with van der Waals surface area (Å²) in [7, 11) is 0. The van der Waals surface area contributed by atoms with Crippen molar-refractivity contribution in [2.75, 3.05) is 13.2 Å². The number of carboxylic acids is 1. The fourth-order valence-electron chi connectivity index (χ4n) is 3.31. The first-order valence-electron chi connectivity index (χ1n) is 7.86. The molecule has 1 saturated heterocycles. The number of aliphatic carboxylic acids is 1. The predicted octanol–water partition coefficient (Wildman–Crippen LogP) is 2.69. The van der Waals surface area contributed by atoms with Gasteiger partial charge in [-0.15, -0.1) is 0 Å². The first-order chi connectivity index (χ1) is 11.0. The van der Waals surface area contributed by atoms with Gasteiger partial charge in [0, 0.05) is 23.6 Å². The smallest absolute Gasteiger partial charge is 0.305 e. The molecule has 1 aromatic rings. The third-order valence-corrected chi connectivity index (χ3v) is 5.28. The van der Waals surface area contributed by atoms with E-state index in [2.05, 4.69) is 21.2 Å². The number of halogens is 1. The summed E-state index contributed by atoms with van der Waals surface area (Å²) >= 11 is 3.41. The minimum Gasteiger partial charge on any atom is -0.481 e. The lowest BCUT2D eigenvalue weighted by atomic mass is 9.86. The first kappa shape index (κ1) is 16.5. The lowest BCUT2D eigenvalue weighted by Gasteiger charge is -2.37. The van der Waals surface area contributed by atoms with Gasteiger partial charge in [0.2, 0.25) is 5.91 Å². The molecule has 0 bridgehead atoms. The topological polar surface area (TPSA) is 75.6 Å². The molecule has 2 aliphatic rings. The molecule has 2 N–H and O–H groups in total. The Hall–Kier alpha value is -1.40. The van der Waals surface area contributed by atoms with Crippen molar-refractivity contribution >= 4 is 27.8 Å². The Labute approximate surface area is 143 Å². The largest absolute Gasteiger partial charge is 0.481 e. The summed E-state index contributed by atoms with van der Waals surface area (Å²) in [5.74, 6) is -0.719. The Balaban J connectivity index is 1.64. The summed E-state index contributed by atoms with van der Waals surface area (Å²) in [5.41, 5.74) is 0.501. The van der Waals surface area contributed by atoms with Crippen molar-refractivity contribution in [3.8, 4) is 0 Å². The normalized spacial score (nSPS) is 25.6. The first-order valence-corrected chi connectivity index (χ1v) is 8.65. The van der Waals surface area contributed by atoms with Gasteiger partial charge in [0.25, 0.3) is 0 Å². The Kier molecular flexibility index (Phi) is 4.73. The van der Waals surface area contributed by atoms with Crippen LogP contribution >= 0.6 is 15.9 Å². The van der Waals surface area contributed by atoms with Gasteiger partial charge in [-0.1, -0.05) is 28.1 Å². The van der Waals surface area contributed by atoms with E-state index in [1.165, 1.54) is 0 Å². The Morgan fingerprint density at radius 2 is 1.91 bits per heavy atom. The Morgan fingerprint density at radius 1 is 1.26 bits per heavy atom. The van der Waals surface area contributed by atoms with Gasteiger partial charge < -0.3 is 15.2 Å². The van der Waals surface area contributed by atoms with Crippen LogP contribution in [0.4, 0.5) is 0 Å². The third kappa shape index (κ3) is 3.93. The average molecular weight is 382 g/mol. The van der Waals surface area contributed by atoms with Gasteiger partial charge in [0.05, 0.1) is 12.0 Å². The minimum absolute atomic E-state index is 0.0268. The standard InChI is InChI=1S/C17H20BrNO4/c18-12-3-1-11(2-4-12)13-9-14(13)16(22)19-17(10-15(20)21)5-7-23-8-6-17/h1-4,13-14H,5-10H2,(H,19,22)(H,20,21). The lowest BCUT2D eigenvalue weighted by molar-refractivity contribution is -0.140. The molecule has 1 saturated carbocycles. The number of amides is 1. The molecule has 1 aromatic carbocycles. The van der Waals surface area contributed by atoms with E-state index in [4.69, 9.17) is 9.84 Å². The fraction of sp³-hybridized carbons (Fsp3) is 0.529. The molecule has 0 aromatic heterocycles. The number of hydrogen-bond donors (Lipinski definition) is 2. The molecule has 3 rings (SSSR count). The molecule has 124 valence electrons. The van der Waals surface area contributed by atoms with Crippen LogP contribution in [-0.4, -0.2) is 35.7 Å². The second-order valence-electron chi connectivity index (χ2n) is 6.45. The van der Waals surface area contributed by atoms with Gasteiger partial charge in [-0.3, -0.25) is 9.59 Å². The molecule has 6 heteroatoms. The second-order valence-corrected chi connectivity index (χ2v) is 7.37. The van der Waals surface area contributed by atoms with Crippen LogP contribution < -0.4 is 5.32 Å². The van der Waals surface area contributed by atoms with Crippen molar-refractivity contribution in [2.45, 2.75) is 37.1 Å². The van der Waals surface area contributed by atoms with E-state index in [9.17, 15) is 9.59 Å². The summed E-state index contributed by atoms with van der Waals surface area (Å²) in [6, 6.07) is 8.02. The molecule has 1 heterocycles. The van der Waals surface area contributed by atoms with Crippen LogP contribution in [0.3, 0.4) is 0 Å². The molecule has 2 atom stereocenters. The number of rotatable bonds is 5. The zero-order valence-corrected chi connectivity index (χ0v) is 14.3. The van der Waals surface area contributed by atoms with Crippen molar-refractivity contribution in [3.63, 3.8) is 0 Å². The number of carboxylic acid groups (broad SMARTS) is 1. The molecule has 1 aliphatic heterocycles. The maximum atomic E-state index is 12.6. The van der Waals surface area contributed by atoms with E-state index in [1.807, 2.05) is 24.3 Å². The monoisotopic (exact) mass is 381 g/mol. The number of benzene rings is 1. The summed E-state index contributed by atoms with van der Waals surface area (Å²) in [6.07, 6.45) is 1.90. The molecular weight excluding hydrogens is 362 g/mol. The van der Waals surface area contributed by atoms with Gasteiger partial charge in [-0.2, -0.15) is 0 Å². The second kappa shape index (κ2) is 6.61. The highest BCUT2D eigenvalue weighted by molar-refractivity contribution is 9.10. The minimum atomic E-state index is -0.882. The van der Waals surface area contributed by atoms with Crippen LogP contribution in [0.5, 0.6) is 0 Å². The van der Waals surface area contributed by atoms with Crippen LogP contribution in [0.15, 0.2) is 28.7 Å². The molecule has 0 radical (unpaired) electrons. The van der Waals surface area contributed by atoms with E-state index in [0.717, 1.165) is 16.5 Å². The Morgan fingerprint density at radius 3 is 2.52 bits per heavy atom. The quantitative estimate of drug-likeness (QED) is 0.821. The molecule has 5 nitrogen and oxygen atoms in total. The van der Waals surface area contributed by atoms with Crippen LogP contribution in [0, 0.1) is 5.92 Å². The van der Waals surface area contributed by atoms with Gasteiger partial charge in [-0.05, 0) is 42.9 Å². The van der Waals surface area contributed by atoms with Crippen molar-refractivity contribution in [3.05, 3.63) is 34.3 Å². The number of hydrogen-bond acceptors (Lipinski definition) is 3. The van der Waals surface area contributed by atoms with Crippen molar-refractivity contribution in [1.82, 2.24) is 5.32 Å². The molecule has 1 amide bonds. The highest BCUT2D eigenvalue weighted by Gasteiger charge is 2.47. The van der Waals surface area contributed by atoms with Gasteiger partial charge >= 0.3 is 5.97 Å². The maximum Gasteiger partial charge on any atom is 0.305 e. The van der Waals surface area contributed by atoms with Gasteiger partial charge in [0.1, 0.15) is 0 Å². The van der Waals surface area contributed by atoms with E-state index in [1.54, 1.807) is 0 Å². The summed E-state index contributed by atoms with van der Waals surface area (Å²) in [5, 5.41) is 12.2. The highest BCUT2D eigenvalue weighted by atomic mass is 79.9. The number of ether oxygens (including phenoxy) is 1. The highest BCUT2D eigenvalue weighted by Crippen LogP contribution is 2.48. The van der Waals surface area contributed by atoms with E-state index >= 15 is 0 Å². The molecular formula is C17H20BrNO4. The van der Waals surface area contributed by atoms with Crippen LogP contribution in [0.1, 0.15) is 37.2 Å². The maximum absolute atomic E-state index is 12.6. The van der Waals surface area contributed by atoms with Gasteiger partial charge in [-0.25, -0.2) is 0 Å². The number of carbonyl (C=O) groups is 2. The van der Waals surface area contributed by atoms with Crippen LogP contribution in [0.25, 0.3) is 0 Å². The zero-order valence-electron chi connectivity index (χ0n) is 12.8. The predicted molar refractivity (Wildman–Crippen MR) is 88.2 cm³/mol. The molecule has 23 heavy (non-hydrogen) atoms. The van der Waals surface area contributed by atoms with Crippen LogP contribution in [0.2, 0.25) is 0 Å². The lowest BCUT2D eigenvalue weighted by Crippen LogP contribution is -2.53. The number of nitrogens with one attached hydrogen (secondary N) is 1. The van der Waals surface area contributed by atoms with Crippen LogP contribution in [-0.2, 0) is 14.3 Å². The Bertz CT molecular complexity index is 595. The average Bonchev–Trinajstić information content (AvgIpc) is 3.28. The molecule has 0 spiro atoms. The number of carbonyl (C=O) groups excluding carboxylic acids is 1. The molecule has 1 aliphatic carbocycles.